The van der Waals surface area contributed by atoms with Crippen LogP contribution < -0.4 is 5.32 Å². The van der Waals surface area contributed by atoms with E-state index in [4.69, 9.17) is 4.74 Å². The summed E-state index contributed by atoms with van der Waals surface area (Å²) in [5.41, 5.74) is -0.512. The van der Waals surface area contributed by atoms with Gasteiger partial charge in [-0.1, -0.05) is 34.1 Å². The SMILES string of the molecule is C[C@H]1[C@H](NC(=O)C2CCN(C(=O)OC(C)(C)C)CC2)C[C@H]2C(C)(C)CCC[C@]2(C)[C@H]1C(=O)c1cc(O)cc(O)c1. The summed E-state index contributed by atoms with van der Waals surface area (Å²) < 4.78 is 5.50. The third-order valence-electron chi connectivity index (χ3n) is 9.95. The second-order valence-corrected chi connectivity index (χ2v) is 14.4. The number of nitrogens with one attached hydrogen (secondary N) is 1. The van der Waals surface area contributed by atoms with E-state index in [2.05, 4.69) is 33.0 Å². The monoisotopic (exact) mass is 556 g/mol. The third kappa shape index (κ3) is 6.10. The van der Waals surface area contributed by atoms with Crippen LogP contribution in [-0.4, -0.2) is 57.6 Å². The topological polar surface area (TPSA) is 116 Å². The number of phenols is 2. The van der Waals surface area contributed by atoms with Crippen LogP contribution in [0, 0.1) is 34.5 Å². The molecule has 2 saturated carbocycles. The lowest BCUT2D eigenvalue weighted by Crippen LogP contribution is -2.61. The van der Waals surface area contributed by atoms with Gasteiger partial charge in [0.15, 0.2) is 5.78 Å². The molecule has 8 nitrogen and oxygen atoms in total. The average Bonchev–Trinajstić information content (AvgIpc) is 2.83. The molecular formula is C32H48N2O6. The van der Waals surface area contributed by atoms with Crippen LogP contribution in [0.5, 0.6) is 11.5 Å². The highest BCUT2D eigenvalue weighted by molar-refractivity contribution is 5.99. The number of carbonyl (C=O) groups excluding carboxylic acids is 3. The first-order chi connectivity index (χ1) is 18.5. The minimum atomic E-state index is -0.560. The Balaban J connectivity index is 1.53. The molecule has 40 heavy (non-hydrogen) atoms. The van der Waals surface area contributed by atoms with E-state index in [-0.39, 0.29) is 69.8 Å². The van der Waals surface area contributed by atoms with Gasteiger partial charge < -0.3 is 25.2 Å². The van der Waals surface area contributed by atoms with Crippen molar-refractivity contribution in [2.45, 2.75) is 98.6 Å². The Bertz CT molecular complexity index is 1110. The van der Waals surface area contributed by atoms with Crippen LogP contribution in [0.15, 0.2) is 18.2 Å². The molecule has 222 valence electrons. The summed E-state index contributed by atoms with van der Waals surface area (Å²) in [6.45, 7) is 15.3. The fourth-order valence-corrected chi connectivity index (χ4v) is 8.02. The van der Waals surface area contributed by atoms with Crippen LogP contribution >= 0.6 is 0 Å². The summed E-state index contributed by atoms with van der Waals surface area (Å²) in [5, 5.41) is 23.6. The number of likely N-dealkylation sites (tertiary alicyclic amines) is 1. The van der Waals surface area contributed by atoms with Crippen LogP contribution in [0.1, 0.15) is 97.3 Å². The van der Waals surface area contributed by atoms with E-state index in [1.165, 1.54) is 18.2 Å². The van der Waals surface area contributed by atoms with Gasteiger partial charge in [-0.3, -0.25) is 9.59 Å². The van der Waals surface area contributed by atoms with Crippen molar-refractivity contribution in [3.05, 3.63) is 23.8 Å². The molecule has 3 fully saturated rings. The van der Waals surface area contributed by atoms with E-state index in [1.807, 2.05) is 20.8 Å². The predicted octanol–water partition coefficient (Wildman–Crippen LogP) is 5.90. The second-order valence-electron chi connectivity index (χ2n) is 14.4. The molecule has 1 saturated heterocycles. The Hall–Kier alpha value is -2.77. The molecule has 0 bridgehead atoms. The Morgan fingerprint density at radius 3 is 2.17 bits per heavy atom. The Labute approximate surface area is 238 Å². The van der Waals surface area contributed by atoms with Crippen molar-refractivity contribution < 1.29 is 29.3 Å². The highest BCUT2D eigenvalue weighted by Gasteiger charge is 2.58. The summed E-state index contributed by atoms with van der Waals surface area (Å²) in [4.78, 5) is 41.8. The number of carbonyl (C=O) groups is 3. The van der Waals surface area contributed by atoms with Crippen molar-refractivity contribution in [2.24, 2.45) is 34.5 Å². The number of piperidine rings is 1. The lowest BCUT2D eigenvalue weighted by molar-refractivity contribution is -0.132. The first kappa shape index (κ1) is 30.2. The Kier molecular flexibility index (Phi) is 8.23. The number of amides is 2. The summed E-state index contributed by atoms with van der Waals surface area (Å²) in [6, 6.07) is 3.92. The Morgan fingerprint density at radius 1 is 1.00 bits per heavy atom. The molecule has 3 N–H and O–H groups in total. The van der Waals surface area contributed by atoms with E-state index in [0.717, 1.165) is 25.7 Å². The molecule has 0 radical (unpaired) electrons. The van der Waals surface area contributed by atoms with E-state index in [1.54, 1.807) is 4.90 Å². The first-order valence-electron chi connectivity index (χ1n) is 14.9. The molecule has 2 amide bonds. The molecule has 1 heterocycles. The molecule has 0 spiro atoms. The number of ether oxygens (including phenoxy) is 1. The van der Waals surface area contributed by atoms with Crippen LogP contribution in [-0.2, 0) is 9.53 Å². The van der Waals surface area contributed by atoms with Crippen molar-refractivity contribution in [3.8, 4) is 11.5 Å². The molecule has 0 unspecified atom stereocenters. The van der Waals surface area contributed by atoms with Gasteiger partial charge in [-0.25, -0.2) is 4.79 Å². The summed E-state index contributed by atoms with van der Waals surface area (Å²) in [7, 11) is 0. The number of aromatic hydroxyl groups is 2. The van der Waals surface area contributed by atoms with Gasteiger partial charge in [0.1, 0.15) is 17.1 Å². The number of phenolic OH excluding ortho intramolecular Hbond substituents is 2. The number of ketones is 1. The van der Waals surface area contributed by atoms with Crippen LogP contribution in [0.4, 0.5) is 4.79 Å². The second kappa shape index (κ2) is 10.9. The zero-order valence-corrected chi connectivity index (χ0v) is 25.3. The van der Waals surface area contributed by atoms with E-state index >= 15 is 0 Å². The molecule has 1 aromatic rings. The largest absolute Gasteiger partial charge is 0.508 e. The molecule has 2 aliphatic carbocycles. The highest BCUT2D eigenvalue weighted by atomic mass is 16.6. The Morgan fingerprint density at radius 2 is 1.60 bits per heavy atom. The molecule has 8 heteroatoms. The zero-order valence-electron chi connectivity index (χ0n) is 25.3. The number of hydrogen-bond acceptors (Lipinski definition) is 6. The lowest BCUT2D eigenvalue weighted by atomic mass is 9.45. The highest BCUT2D eigenvalue weighted by Crippen LogP contribution is 2.61. The quantitative estimate of drug-likeness (QED) is 0.398. The maximum Gasteiger partial charge on any atom is 0.410 e. The van der Waals surface area contributed by atoms with Gasteiger partial charge in [-0.2, -0.15) is 0 Å². The molecule has 1 aromatic carbocycles. The van der Waals surface area contributed by atoms with Gasteiger partial charge in [0.25, 0.3) is 0 Å². The minimum absolute atomic E-state index is 0.00830. The maximum atomic E-state index is 14.1. The van der Waals surface area contributed by atoms with Gasteiger partial charge in [0.05, 0.1) is 0 Å². The summed E-state index contributed by atoms with van der Waals surface area (Å²) in [6.07, 6.45) is 4.64. The van der Waals surface area contributed by atoms with Crippen LogP contribution in [0.2, 0.25) is 0 Å². The molecule has 1 aliphatic heterocycles. The molecule has 5 atom stereocenters. The average molecular weight is 557 g/mol. The molecule has 3 aliphatic rings. The minimum Gasteiger partial charge on any atom is -0.508 e. The van der Waals surface area contributed by atoms with Crippen molar-refractivity contribution in [3.63, 3.8) is 0 Å². The number of benzene rings is 1. The molecule has 0 aromatic heterocycles. The van der Waals surface area contributed by atoms with Crippen LogP contribution in [0.25, 0.3) is 0 Å². The number of hydrogen-bond donors (Lipinski definition) is 3. The van der Waals surface area contributed by atoms with Gasteiger partial charge in [-0.05, 0) is 87.7 Å². The summed E-state index contributed by atoms with van der Waals surface area (Å²) in [5.74, 6) is -0.850. The summed E-state index contributed by atoms with van der Waals surface area (Å²) >= 11 is 0. The smallest absolute Gasteiger partial charge is 0.410 e. The van der Waals surface area contributed by atoms with Crippen molar-refractivity contribution in [2.75, 3.05) is 13.1 Å². The van der Waals surface area contributed by atoms with Gasteiger partial charge in [-0.15, -0.1) is 0 Å². The standard InChI is InChI=1S/C32H48N2O6/c1-19-24(33-28(38)20-9-13-34(14-10-20)29(39)40-30(2,3)4)18-25-31(5,6)11-8-12-32(25,7)26(19)27(37)21-15-22(35)17-23(36)16-21/h15-17,19-20,24-26,35-36H,8-14,18H2,1-7H3,(H,33,38)/t19-,24+,25-,26+,32-/m0/s1. The number of nitrogens with zero attached hydrogens (tertiary/aromatic N) is 1. The van der Waals surface area contributed by atoms with E-state index in [9.17, 15) is 24.6 Å². The van der Waals surface area contributed by atoms with Gasteiger partial charge in [0.2, 0.25) is 5.91 Å². The fraction of sp³-hybridized carbons (Fsp3) is 0.719. The maximum absolute atomic E-state index is 14.1. The third-order valence-corrected chi connectivity index (χ3v) is 9.95. The lowest BCUT2D eigenvalue weighted by Gasteiger charge is -2.60. The molecule has 4 rings (SSSR count). The predicted molar refractivity (Wildman–Crippen MR) is 153 cm³/mol. The number of Topliss-reactive ketones (excluding diaryl/α,β-unsaturated/α-hetero) is 1. The number of fused-ring (bicyclic) bond motifs is 1. The molecular weight excluding hydrogens is 508 g/mol. The van der Waals surface area contributed by atoms with E-state index in [0.29, 0.717) is 31.5 Å². The zero-order chi connectivity index (χ0) is 29.6. The van der Waals surface area contributed by atoms with Gasteiger partial charge in [0, 0.05) is 42.6 Å². The van der Waals surface area contributed by atoms with Crippen molar-refractivity contribution in [1.29, 1.82) is 0 Å². The van der Waals surface area contributed by atoms with Crippen molar-refractivity contribution in [1.82, 2.24) is 10.2 Å². The van der Waals surface area contributed by atoms with E-state index < -0.39 is 5.60 Å². The van der Waals surface area contributed by atoms with Gasteiger partial charge >= 0.3 is 6.09 Å². The fourth-order valence-electron chi connectivity index (χ4n) is 8.02. The first-order valence-corrected chi connectivity index (χ1v) is 14.9. The number of rotatable bonds is 4. The van der Waals surface area contributed by atoms with Crippen molar-refractivity contribution >= 4 is 17.8 Å². The normalized spacial score (nSPS) is 30.7. The van der Waals surface area contributed by atoms with Crippen LogP contribution in [0.3, 0.4) is 0 Å².